The SMILES string of the molecule is CCN(CC)CC(C)Nc1nc(C(C)(C)C)nc(N)c1C. The van der Waals surface area contributed by atoms with Crippen molar-refractivity contribution in [1.29, 1.82) is 0 Å². The normalized spacial score (nSPS) is 13.5. The molecule has 0 aliphatic carbocycles. The van der Waals surface area contributed by atoms with E-state index in [-0.39, 0.29) is 5.41 Å². The molecule has 5 nitrogen and oxygen atoms in total. The fourth-order valence-electron chi connectivity index (χ4n) is 2.16. The molecule has 1 heterocycles. The molecule has 0 saturated heterocycles. The minimum atomic E-state index is -0.111. The zero-order valence-corrected chi connectivity index (χ0v) is 14.6. The van der Waals surface area contributed by atoms with Gasteiger partial charge in [0.05, 0.1) is 0 Å². The van der Waals surface area contributed by atoms with Gasteiger partial charge in [-0.3, -0.25) is 0 Å². The summed E-state index contributed by atoms with van der Waals surface area (Å²) in [6, 6.07) is 0.311. The molecular weight excluding hydrogens is 262 g/mol. The van der Waals surface area contributed by atoms with Gasteiger partial charge in [-0.25, -0.2) is 9.97 Å². The van der Waals surface area contributed by atoms with Crippen LogP contribution in [-0.2, 0) is 5.41 Å². The highest BCUT2D eigenvalue weighted by Gasteiger charge is 2.21. The largest absolute Gasteiger partial charge is 0.383 e. The summed E-state index contributed by atoms with van der Waals surface area (Å²) in [6.45, 7) is 17.9. The molecule has 1 aromatic heterocycles. The summed E-state index contributed by atoms with van der Waals surface area (Å²) >= 11 is 0. The van der Waals surface area contributed by atoms with Crippen LogP contribution in [0, 0.1) is 6.92 Å². The second-order valence-electron chi connectivity index (χ2n) is 6.69. The number of nitrogens with zero attached hydrogens (tertiary/aromatic N) is 3. The summed E-state index contributed by atoms with van der Waals surface area (Å²) in [6.07, 6.45) is 0. The Morgan fingerprint density at radius 1 is 1.19 bits per heavy atom. The fraction of sp³-hybridized carbons (Fsp3) is 0.750. The Morgan fingerprint density at radius 2 is 1.76 bits per heavy atom. The Balaban J connectivity index is 2.94. The van der Waals surface area contributed by atoms with E-state index in [1.807, 2.05) is 6.92 Å². The maximum absolute atomic E-state index is 6.05. The van der Waals surface area contributed by atoms with Crippen molar-refractivity contribution >= 4 is 11.6 Å². The van der Waals surface area contributed by atoms with E-state index in [2.05, 4.69) is 61.7 Å². The maximum Gasteiger partial charge on any atom is 0.138 e. The van der Waals surface area contributed by atoms with Crippen LogP contribution in [0.2, 0.25) is 0 Å². The van der Waals surface area contributed by atoms with Crippen molar-refractivity contribution in [3.05, 3.63) is 11.4 Å². The van der Waals surface area contributed by atoms with Crippen molar-refractivity contribution in [1.82, 2.24) is 14.9 Å². The van der Waals surface area contributed by atoms with Crippen molar-refractivity contribution in [2.45, 2.75) is 59.9 Å². The molecule has 1 aromatic rings. The molecule has 0 spiro atoms. The Labute approximate surface area is 129 Å². The third-order valence-corrected chi connectivity index (χ3v) is 3.66. The van der Waals surface area contributed by atoms with Gasteiger partial charge in [-0.1, -0.05) is 34.6 Å². The quantitative estimate of drug-likeness (QED) is 0.844. The minimum absolute atomic E-state index is 0.111. The highest BCUT2D eigenvalue weighted by molar-refractivity contribution is 5.55. The second-order valence-corrected chi connectivity index (χ2v) is 6.69. The van der Waals surface area contributed by atoms with E-state index >= 15 is 0 Å². The average molecular weight is 293 g/mol. The third kappa shape index (κ3) is 4.84. The highest BCUT2D eigenvalue weighted by atomic mass is 15.2. The molecule has 0 bridgehead atoms. The van der Waals surface area contributed by atoms with Crippen LogP contribution in [0.25, 0.3) is 0 Å². The van der Waals surface area contributed by atoms with E-state index in [9.17, 15) is 0 Å². The number of nitrogen functional groups attached to an aromatic ring is 1. The van der Waals surface area contributed by atoms with Crippen LogP contribution in [0.3, 0.4) is 0 Å². The zero-order valence-electron chi connectivity index (χ0n) is 14.6. The van der Waals surface area contributed by atoms with Crippen LogP contribution in [-0.4, -0.2) is 40.5 Å². The van der Waals surface area contributed by atoms with Gasteiger partial charge in [0.25, 0.3) is 0 Å². The van der Waals surface area contributed by atoms with Gasteiger partial charge >= 0.3 is 0 Å². The van der Waals surface area contributed by atoms with Crippen molar-refractivity contribution < 1.29 is 0 Å². The number of rotatable bonds is 6. The number of nitrogens with one attached hydrogen (secondary N) is 1. The van der Waals surface area contributed by atoms with Gasteiger partial charge in [-0.2, -0.15) is 0 Å². The standard InChI is InChI=1S/C16H31N5/c1-8-21(9-2)10-11(3)18-14-12(4)13(17)19-15(20-14)16(5,6)7/h11H,8-10H2,1-7H3,(H3,17,18,19,20). The zero-order chi connectivity index (χ0) is 16.2. The van der Waals surface area contributed by atoms with Crippen LogP contribution in [0.5, 0.6) is 0 Å². The van der Waals surface area contributed by atoms with Gasteiger partial charge in [-0.05, 0) is 26.9 Å². The van der Waals surface area contributed by atoms with Crippen molar-refractivity contribution in [2.75, 3.05) is 30.7 Å². The molecule has 0 saturated carbocycles. The van der Waals surface area contributed by atoms with E-state index in [1.165, 1.54) is 0 Å². The molecule has 0 aliphatic rings. The first-order valence-electron chi connectivity index (χ1n) is 7.82. The van der Waals surface area contributed by atoms with Crippen LogP contribution in [0.4, 0.5) is 11.6 Å². The molecule has 120 valence electrons. The van der Waals surface area contributed by atoms with Crippen LogP contribution < -0.4 is 11.1 Å². The number of hydrogen-bond donors (Lipinski definition) is 2. The van der Waals surface area contributed by atoms with Gasteiger partial charge in [0.2, 0.25) is 0 Å². The first-order chi connectivity index (χ1) is 9.68. The molecule has 1 atom stereocenters. The summed E-state index contributed by atoms with van der Waals surface area (Å²) in [5, 5.41) is 3.49. The maximum atomic E-state index is 6.05. The van der Waals surface area contributed by atoms with Gasteiger partial charge < -0.3 is 16.0 Å². The second kappa shape index (κ2) is 7.07. The molecule has 21 heavy (non-hydrogen) atoms. The average Bonchev–Trinajstić information content (AvgIpc) is 2.39. The van der Waals surface area contributed by atoms with E-state index in [0.29, 0.717) is 11.9 Å². The number of anilines is 2. The lowest BCUT2D eigenvalue weighted by molar-refractivity contribution is 0.294. The summed E-state index contributed by atoms with van der Waals surface area (Å²) in [4.78, 5) is 11.5. The lowest BCUT2D eigenvalue weighted by atomic mass is 9.95. The number of aromatic nitrogens is 2. The predicted octanol–water partition coefficient (Wildman–Crippen LogP) is 2.81. The first-order valence-corrected chi connectivity index (χ1v) is 7.82. The summed E-state index contributed by atoms with van der Waals surface area (Å²) < 4.78 is 0. The van der Waals surface area contributed by atoms with Crippen molar-refractivity contribution in [3.8, 4) is 0 Å². The molecule has 3 N–H and O–H groups in total. The first kappa shape index (κ1) is 17.7. The van der Waals surface area contributed by atoms with E-state index in [4.69, 9.17) is 5.73 Å². The molecule has 5 heteroatoms. The van der Waals surface area contributed by atoms with Crippen molar-refractivity contribution in [3.63, 3.8) is 0 Å². The number of likely N-dealkylation sites (N-methyl/N-ethyl adjacent to an activating group) is 1. The van der Waals surface area contributed by atoms with E-state index in [1.54, 1.807) is 0 Å². The molecule has 0 fully saturated rings. The Morgan fingerprint density at radius 3 is 2.24 bits per heavy atom. The minimum Gasteiger partial charge on any atom is -0.383 e. The molecule has 1 unspecified atom stereocenters. The third-order valence-electron chi connectivity index (χ3n) is 3.66. The lowest BCUT2D eigenvalue weighted by Gasteiger charge is -2.25. The van der Waals surface area contributed by atoms with Crippen LogP contribution in [0.15, 0.2) is 0 Å². The molecule has 0 amide bonds. The topological polar surface area (TPSA) is 67.1 Å². The molecule has 0 radical (unpaired) electrons. The highest BCUT2D eigenvalue weighted by Crippen LogP contribution is 2.25. The smallest absolute Gasteiger partial charge is 0.138 e. The Kier molecular flexibility index (Phi) is 5.96. The van der Waals surface area contributed by atoms with Gasteiger partial charge in [0, 0.05) is 23.6 Å². The van der Waals surface area contributed by atoms with Crippen LogP contribution in [0.1, 0.15) is 52.9 Å². The van der Waals surface area contributed by atoms with Crippen LogP contribution >= 0.6 is 0 Å². The monoisotopic (exact) mass is 293 g/mol. The van der Waals surface area contributed by atoms with E-state index in [0.717, 1.165) is 36.8 Å². The lowest BCUT2D eigenvalue weighted by Crippen LogP contribution is -2.35. The Bertz CT molecular complexity index is 460. The molecule has 1 rings (SSSR count). The predicted molar refractivity (Wildman–Crippen MR) is 90.8 cm³/mol. The Hall–Kier alpha value is -1.36. The molecular formula is C16H31N5. The summed E-state index contributed by atoms with van der Waals surface area (Å²) in [7, 11) is 0. The number of nitrogens with two attached hydrogens (primary N) is 1. The molecule has 0 aromatic carbocycles. The fourth-order valence-corrected chi connectivity index (χ4v) is 2.16. The molecule has 0 aliphatic heterocycles. The summed E-state index contributed by atoms with van der Waals surface area (Å²) in [5.74, 6) is 2.20. The van der Waals surface area contributed by atoms with Gasteiger partial charge in [0.1, 0.15) is 17.5 Å². The van der Waals surface area contributed by atoms with E-state index < -0.39 is 0 Å². The van der Waals surface area contributed by atoms with Gasteiger partial charge in [0.15, 0.2) is 0 Å². The van der Waals surface area contributed by atoms with Crippen molar-refractivity contribution in [2.24, 2.45) is 0 Å². The van der Waals surface area contributed by atoms with Gasteiger partial charge in [-0.15, -0.1) is 0 Å². The number of hydrogen-bond acceptors (Lipinski definition) is 5. The summed E-state index contributed by atoms with van der Waals surface area (Å²) in [5.41, 5.74) is 6.86.